The smallest absolute Gasteiger partial charge is 0.253 e. The van der Waals surface area contributed by atoms with Crippen LogP contribution in [-0.4, -0.2) is 56.3 Å². The molecular formula is C30H33N7O2. The number of fused-ring (bicyclic) bond motifs is 1. The molecule has 2 aromatic carbocycles. The SMILES string of the molecule is Cc1cccc(N2CCN([C@@H](c3cc4c(C)ccc(C)c4[nH]c3=O)c3nnnn3Cc3ccco3)CC2)c1C. The van der Waals surface area contributed by atoms with E-state index in [0.29, 0.717) is 17.9 Å². The molecule has 0 spiro atoms. The fourth-order valence-corrected chi connectivity index (χ4v) is 5.66. The van der Waals surface area contributed by atoms with Gasteiger partial charge in [-0.1, -0.05) is 24.3 Å². The third kappa shape index (κ3) is 4.63. The number of anilines is 1. The number of tetrazole rings is 1. The Kier molecular flexibility index (Phi) is 6.52. The molecule has 1 fully saturated rings. The number of nitrogens with zero attached hydrogens (tertiary/aromatic N) is 6. The van der Waals surface area contributed by atoms with Crippen LogP contribution in [0.25, 0.3) is 10.9 Å². The molecule has 0 saturated carbocycles. The van der Waals surface area contributed by atoms with Crippen molar-refractivity contribution >= 4 is 16.6 Å². The van der Waals surface area contributed by atoms with E-state index in [2.05, 4.69) is 75.3 Å². The van der Waals surface area contributed by atoms with Crippen LogP contribution in [0.15, 0.2) is 64.0 Å². The van der Waals surface area contributed by atoms with Gasteiger partial charge in [-0.05, 0) is 84.6 Å². The number of nitrogens with one attached hydrogen (secondary N) is 1. The molecule has 200 valence electrons. The quantitative estimate of drug-likeness (QED) is 0.354. The van der Waals surface area contributed by atoms with Crippen molar-refractivity contribution in [1.82, 2.24) is 30.1 Å². The molecule has 1 N–H and O–H groups in total. The van der Waals surface area contributed by atoms with Gasteiger partial charge in [0.05, 0.1) is 11.8 Å². The fraction of sp³-hybridized carbons (Fsp3) is 0.333. The summed E-state index contributed by atoms with van der Waals surface area (Å²) < 4.78 is 7.33. The molecule has 1 aliphatic rings. The van der Waals surface area contributed by atoms with Crippen molar-refractivity contribution in [3.8, 4) is 0 Å². The molecule has 6 rings (SSSR count). The maximum Gasteiger partial charge on any atom is 0.253 e. The Morgan fingerprint density at radius 2 is 1.74 bits per heavy atom. The maximum atomic E-state index is 13.7. The standard InChI is InChI=1S/C30H33N7O2/c1-19-7-5-9-26(22(19)4)35-12-14-36(15-13-35)28(29-32-33-34-37(29)18-23-8-6-16-39-23)25-17-24-20(2)10-11-21(3)27(24)31-30(25)38/h5-11,16-17,28H,12-15,18H2,1-4H3,(H,31,38)/t28-/m0/s1. The van der Waals surface area contributed by atoms with Gasteiger partial charge in [0.1, 0.15) is 18.3 Å². The van der Waals surface area contributed by atoms with Crippen molar-refractivity contribution in [3.05, 3.63) is 105 Å². The number of piperazine rings is 1. The van der Waals surface area contributed by atoms with Crippen molar-refractivity contribution in [3.63, 3.8) is 0 Å². The van der Waals surface area contributed by atoms with E-state index in [1.807, 2.05) is 31.2 Å². The molecule has 4 heterocycles. The van der Waals surface area contributed by atoms with Gasteiger partial charge in [-0.15, -0.1) is 5.10 Å². The van der Waals surface area contributed by atoms with Gasteiger partial charge < -0.3 is 14.3 Å². The molecule has 0 bridgehead atoms. The van der Waals surface area contributed by atoms with Crippen LogP contribution in [0.2, 0.25) is 0 Å². The van der Waals surface area contributed by atoms with Crippen molar-refractivity contribution in [2.24, 2.45) is 0 Å². The molecule has 1 aliphatic heterocycles. The number of hydrogen-bond acceptors (Lipinski definition) is 7. The minimum atomic E-state index is -0.413. The number of aromatic nitrogens is 5. The first kappa shape index (κ1) is 25.1. The normalized spacial score (nSPS) is 15.2. The van der Waals surface area contributed by atoms with E-state index < -0.39 is 6.04 Å². The largest absolute Gasteiger partial charge is 0.467 e. The fourth-order valence-electron chi connectivity index (χ4n) is 5.66. The first-order valence-corrected chi connectivity index (χ1v) is 13.4. The molecule has 0 radical (unpaired) electrons. The van der Waals surface area contributed by atoms with Crippen LogP contribution < -0.4 is 10.5 Å². The number of pyridine rings is 1. The van der Waals surface area contributed by atoms with Crippen LogP contribution >= 0.6 is 0 Å². The van der Waals surface area contributed by atoms with E-state index in [1.54, 1.807) is 10.9 Å². The summed E-state index contributed by atoms with van der Waals surface area (Å²) in [5.74, 6) is 1.38. The van der Waals surface area contributed by atoms with Crippen LogP contribution in [0.3, 0.4) is 0 Å². The highest BCUT2D eigenvalue weighted by molar-refractivity contribution is 5.85. The summed E-state index contributed by atoms with van der Waals surface area (Å²) in [6.45, 7) is 12.0. The van der Waals surface area contributed by atoms with E-state index in [9.17, 15) is 4.79 Å². The minimum absolute atomic E-state index is 0.120. The zero-order valence-corrected chi connectivity index (χ0v) is 22.8. The number of aryl methyl sites for hydroxylation is 3. The predicted molar refractivity (Wildman–Crippen MR) is 151 cm³/mol. The zero-order chi connectivity index (χ0) is 27.1. The monoisotopic (exact) mass is 523 g/mol. The highest BCUT2D eigenvalue weighted by Crippen LogP contribution is 2.31. The number of benzene rings is 2. The highest BCUT2D eigenvalue weighted by Gasteiger charge is 2.33. The lowest BCUT2D eigenvalue weighted by Crippen LogP contribution is -2.49. The summed E-state index contributed by atoms with van der Waals surface area (Å²) in [6, 6.07) is 16.0. The second-order valence-corrected chi connectivity index (χ2v) is 10.5. The summed E-state index contributed by atoms with van der Waals surface area (Å²) in [6.07, 6.45) is 1.64. The molecule has 0 amide bonds. The molecule has 9 heteroatoms. The molecular weight excluding hydrogens is 490 g/mol. The molecule has 3 aromatic heterocycles. The van der Waals surface area contributed by atoms with Crippen LogP contribution in [0, 0.1) is 27.7 Å². The number of hydrogen-bond donors (Lipinski definition) is 1. The van der Waals surface area contributed by atoms with Crippen molar-refractivity contribution in [1.29, 1.82) is 0 Å². The Morgan fingerprint density at radius 3 is 2.51 bits per heavy atom. The Balaban J connectivity index is 1.41. The van der Waals surface area contributed by atoms with Gasteiger partial charge >= 0.3 is 0 Å². The summed E-state index contributed by atoms with van der Waals surface area (Å²) in [4.78, 5) is 21.6. The van der Waals surface area contributed by atoms with Gasteiger partial charge in [0.2, 0.25) is 0 Å². The Hall–Kier alpha value is -4.24. The van der Waals surface area contributed by atoms with Gasteiger partial charge in [0.15, 0.2) is 5.82 Å². The summed E-state index contributed by atoms with van der Waals surface area (Å²) in [5, 5.41) is 13.8. The first-order chi connectivity index (χ1) is 18.9. The van der Waals surface area contributed by atoms with E-state index >= 15 is 0 Å². The van der Waals surface area contributed by atoms with E-state index in [1.165, 1.54) is 16.8 Å². The third-order valence-electron chi connectivity index (χ3n) is 8.05. The van der Waals surface area contributed by atoms with Gasteiger partial charge in [-0.25, -0.2) is 4.68 Å². The lowest BCUT2D eigenvalue weighted by atomic mass is 9.99. The van der Waals surface area contributed by atoms with Crippen molar-refractivity contribution < 1.29 is 4.42 Å². The van der Waals surface area contributed by atoms with Crippen LogP contribution in [0.5, 0.6) is 0 Å². The number of furan rings is 1. The van der Waals surface area contributed by atoms with Crippen LogP contribution in [-0.2, 0) is 6.54 Å². The summed E-state index contributed by atoms with van der Waals surface area (Å²) in [7, 11) is 0. The molecule has 1 saturated heterocycles. The highest BCUT2D eigenvalue weighted by atomic mass is 16.3. The van der Waals surface area contributed by atoms with Gasteiger partial charge in [0.25, 0.3) is 5.56 Å². The van der Waals surface area contributed by atoms with Crippen molar-refractivity contribution in [2.75, 3.05) is 31.1 Å². The minimum Gasteiger partial charge on any atom is -0.467 e. The molecule has 0 aliphatic carbocycles. The average molecular weight is 524 g/mol. The van der Waals surface area contributed by atoms with Crippen molar-refractivity contribution in [2.45, 2.75) is 40.3 Å². The van der Waals surface area contributed by atoms with E-state index in [0.717, 1.165) is 54.0 Å². The summed E-state index contributed by atoms with van der Waals surface area (Å²) >= 11 is 0. The van der Waals surface area contributed by atoms with E-state index in [4.69, 9.17) is 4.42 Å². The third-order valence-corrected chi connectivity index (χ3v) is 8.05. The average Bonchev–Trinajstić information content (AvgIpc) is 3.62. The van der Waals surface area contributed by atoms with Gasteiger partial charge in [-0.2, -0.15) is 0 Å². The molecule has 0 unspecified atom stereocenters. The molecule has 39 heavy (non-hydrogen) atoms. The van der Waals surface area contributed by atoms with Crippen LogP contribution in [0.1, 0.15) is 45.4 Å². The topological polar surface area (TPSA) is 96.1 Å². The van der Waals surface area contributed by atoms with Gasteiger partial charge in [-0.3, -0.25) is 9.69 Å². The molecule has 5 aromatic rings. The van der Waals surface area contributed by atoms with Gasteiger partial charge in [0, 0.05) is 42.8 Å². The second kappa shape index (κ2) is 10.1. The second-order valence-electron chi connectivity index (χ2n) is 10.5. The molecule has 1 atom stereocenters. The zero-order valence-electron chi connectivity index (χ0n) is 22.8. The van der Waals surface area contributed by atoms with E-state index in [-0.39, 0.29) is 5.56 Å². The number of rotatable bonds is 6. The Morgan fingerprint density at radius 1 is 0.949 bits per heavy atom. The summed E-state index contributed by atoms with van der Waals surface area (Å²) in [5.41, 5.74) is 7.42. The molecule has 9 nitrogen and oxygen atoms in total. The Labute approximate surface area is 227 Å². The Bertz CT molecular complexity index is 1680. The predicted octanol–water partition coefficient (Wildman–Crippen LogP) is 4.30. The first-order valence-electron chi connectivity index (χ1n) is 13.4. The lowest BCUT2D eigenvalue weighted by Gasteiger charge is -2.40. The van der Waals surface area contributed by atoms with Crippen LogP contribution in [0.4, 0.5) is 5.69 Å². The maximum absolute atomic E-state index is 13.7. The number of H-pyrrole nitrogens is 1. The lowest BCUT2D eigenvalue weighted by molar-refractivity contribution is 0.200. The number of aromatic amines is 1.